The highest BCUT2D eigenvalue weighted by Crippen LogP contribution is 2.24. The Kier molecular flexibility index (Phi) is 5.64. The molecule has 2 amide bonds. The number of methoxy groups -OCH3 is 1. The number of nitrogens with one attached hydrogen (secondary N) is 1. The third-order valence-corrected chi connectivity index (χ3v) is 5.04. The summed E-state index contributed by atoms with van der Waals surface area (Å²) in [5.74, 6) is -0.393. The van der Waals surface area contributed by atoms with Gasteiger partial charge in [-0.05, 0) is 55.3 Å². The number of amides is 2. The van der Waals surface area contributed by atoms with Gasteiger partial charge in [0.05, 0.1) is 12.7 Å². The van der Waals surface area contributed by atoms with Gasteiger partial charge in [0.1, 0.15) is 0 Å². The first-order chi connectivity index (χ1) is 13.0. The Morgan fingerprint density at radius 2 is 1.63 bits per heavy atom. The van der Waals surface area contributed by atoms with Crippen molar-refractivity contribution in [1.82, 2.24) is 4.90 Å². The van der Waals surface area contributed by atoms with Gasteiger partial charge >= 0.3 is 12.0 Å². The summed E-state index contributed by atoms with van der Waals surface area (Å²) in [7, 11) is 1.34. The van der Waals surface area contributed by atoms with E-state index >= 15 is 0 Å². The zero-order valence-corrected chi connectivity index (χ0v) is 16.0. The van der Waals surface area contributed by atoms with Crippen molar-refractivity contribution in [2.75, 3.05) is 43.5 Å². The molecule has 0 atom stereocenters. The number of ether oxygens (including phenoxy) is 1. The normalized spacial score (nSPS) is 14.0. The van der Waals surface area contributed by atoms with Crippen LogP contribution >= 0.6 is 0 Å². The number of aryl methyl sites for hydroxylation is 1. The summed E-state index contributed by atoms with van der Waals surface area (Å²) < 4.78 is 4.68. The van der Waals surface area contributed by atoms with Crippen molar-refractivity contribution in [3.05, 3.63) is 59.2 Å². The predicted octanol–water partition coefficient (Wildman–Crippen LogP) is 3.44. The first-order valence-electron chi connectivity index (χ1n) is 9.05. The summed E-state index contributed by atoms with van der Waals surface area (Å²) in [5.41, 5.74) is 4.93. The minimum absolute atomic E-state index is 0.124. The molecular weight excluding hydrogens is 342 g/mol. The lowest BCUT2D eigenvalue weighted by Gasteiger charge is -2.37. The van der Waals surface area contributed by atoms with Crippen LogP contribution in [0.2, 0.25) is 0 Å². The third kappa shape index (κ3) is 4.22. The maximum atomic E-state index is 12.5. The van der Waals surface area contributed by atoms with E-state index in [1.807, 2.05) is 4.90 Å². The molecule has 1 aliphatic heterocycles. The number of anilines is 2. The van der Waals surface area contributed by atoms with Gasteiger partial charge in [-0.3, -0.25) is 0 Å². The van der Waals surface area contributed by atoms with Gasteiger partial charge in [0, 0.05) is 37.6 Å². The zero-order valence-electron chi connectivity index (χ0n) is 16.0. The van der Waals surface area contributed by atoms with Crippen molar-refractivity contribution in [2.24, 2.45) is 0 Å². The van der Waals surface area contributed by atoms with Crippen LogP contribution < -0.4 is 10.2 Å². The number of hydrogen-bond donors (Lipinski definition) is 1. The summed E-state index contributed by atoms with van der Waals surface area (Å²) in [6.07, 6.45) is 0. The van der Waals surface area contributed by atoms with E-state index in [9.17, 15) is 9.59 Å². The fourth-order valence-electron chi connectivity index (χ4n) is 3.24. The average Bonchev–Trinajstić information content (AvgIpc) is 2.70. The van der Waals surface area contributed by atoms with Crippen molar-refractivity contribution < 1.29 is 14.3 Å². The van der Waals surface area contributed by atoms with Crippen LogP contribution in [0.5, 0.6) is 0 Å². The molecule has 3 rings (SSSR count). The lowest BCUT2D eigenvalue weighted by molar-refractivity contribution is 0.0600. The first-order valence-corrected chi connectivity index (χ1v) is 9.05. The van der Waals surface area contributed by atoms with Crippen molar-refractivity contribution in [2.45, 2.75) is 13.8 Å². The van der Waals surface area contributed by atoms with E-state index in [4.69, 9.17) is 0 Å². The van der Waals surface area contributed by atoms with Crippen molar-refractivity contribution in [3.8, 4) is 0 Å². The van der Waals surface area contributed by atoms with E-state index in [1.54, 1.807) is 24.3 Å². The quantitative estimate of drug-likeness (QED) is 0.844. The Morgan fingerprint density at radius 1 is 0.963 bits per heavy atom. The maximum Gasteiger partial charge on any atom is 0.337 e. The minimum atomic E-state index is -0.393. The van der Waals surface area contributed by atoms with Gasteiger partial charge in [-0.15, -0.1) is 0 Å². The Labute approximate surface area is 159 Å². The molecule has 0 saturated carbocycles. The summed E-state index contributed by atoms with van der Waals surface area (Å²) in [6, 6.07) is 12.9. The molecule has 142 valence electrons. The van der Waals surface area contributed by atoms with Gasteiger partial charge in [-0.2, -0.15) is 0 Å². The Hall–Kier alpha value is -3.02. The number of carbonyl (C=O) groups is 2. The Balaban J connectivity index is 1.57. The van der Waals surface area contributed by atoms with E-state index in [2.05, 4.69) is 47.0 Å². The summed E-state index contributed by atoms with van der Waals surface area (Å²) in [4.78, 5) is 28.1. The highest BCUT2D eigenvalue weighted by molar-refractivity contribution is 5.92. The minimum Gasteiger partial charge on any atom is -0.465 e. The SMILES string of the molecule is COC(=O)c1ccc(NC(=O)N2CCN(c3cccc(C)c3C)CC2)cc1. The van der Waals surface area contributed by atoms with Gasteiger partial charge in [0.2, 0.25) is 0 Å². The second kappa shape index (κ2) is 8.12. The molecular formula is C21H25N3O3. The second-order valence-corrected chi connectivity index (χ2v) is 6.69. The van der Waals surface area contributed by atoms with Gasteiger partial charge in [-0.25, -0.2) is 9.59 Å². The molecule has 6 nitrogen and oxygen atoms in total. The van der Waals surface area contributed by atoms with Crippen molar-refractivity contribution in [1.29, 1.82) is 0 Å². The number of nitrogens with zero attached hydrogens (tertiary/aromatic N) is 2. The largest absolute Gasteiger partial charge is 0.465 e. The lowest BCUT2D eigenvalue weighted by Crippen LogP contribution is -2.50. The van der Waals surface area contributed by atoms with Gasteiger partial charge in [-0.1, -0.05) is 12.1 Å². The lowest BCUT2D eigenvalue weighted by atomic mass is 10.1. The van der Waals surface area contributed by atoms with E-state index in [0.29, 0.717) is 24.3 Å². The fraction of sp³-hybridized carbons (Fsp3) is 0.333. The molecule has 1 fully saturated rings. The standard InChI is InChI=1S/C21H25N3O3/c1-15-5-4-6-19(16(15)2)23-11-13-24(14-12-23)21(26)22-18-9-7-17(8-10-18)20(25)27-3/h4-10H,11-14H2,1-3H3,(H,22,26). The summed E-state index contributed by atoms with van der Waals surface area (Å²) >= 11 is 0. The molecule has 2 aromatic carbocycles. The molecule has 2 aromatic rings. The van der Waals surface area contributed by atoms with Crippen LogP contribution in [0, 0.1) is 13.8 Å². The smallest absolute Gasteiger partial charge is 0.337 e. The number of benzene rings is 2. The third-order valence-electron chi connectivity index (χ3n) is 5.04. The number of hydrogen-bond acceptors (Lipinski definition) is 4. The molecule has 1 aliphatic rings. The highest BCUT2D eigenvalue weighted by Gasteiger charge is 2.22. The van der Waals surface area contributed by atoms with Crippen LogP contribution in [-0.2, 0) is 4.74 Å². The van der Waals surface area contributed by atoms with E-state index in [1.165, 1.54) is 23.9 Å². The maximum absolute atomic E-state index is 12.5. The highest BCUT2D eigenvalue weighted by atomic mass is 16.5. The number of urea groups is 1. The Bertz CT molecular complexity index is 825. The van der Waals surface area contributed by atoms with Crippen LogP contribution in [0.1, 0.15) is 21.5 Å². The number of rotatable bonds is 3. The molecule has 0 spiro atoms. The molecule has 1 N–H and O–H groups in total. The number of carbonyl (C=O) groups excluding carboxylic acids is 2. The van der Waals surface area contributed by atoms with Crippen LogP contribution in [0.15, 0.2) is 42.5 Å². The monoisotopic (exact) mass is 367 g/mol. The molecule has 0 bridgehead atoms. The van der Waals surface area contributed by atoms with E-state index in [0.717, 1.165) is 13.1 Å². The van der Waals surface area contributed by atoms with Crippen molar-refractivity contribution >= 4 is 23.4 Å². The molecule has 0 aliphatic carbocycles. The molecule has 0 unspecified atom stereocenters. The van der Waals surface area contributed by atoms with Crippen LogP contribution in [0.25, 0.3) is 0 Å². The zero-order chi connectivity index (χ0) is 19.4. The number of esters is 1. The average molecular weight is 367 g/mol. The molecule has 1 saturated heterocycles. The van der Waals surface area contributed by atoms with Crippen LogP contribution in [-0.4, -0.2) is 50.2 Å². The fourth-order valence-corrected chi connectivity index (χ4v) is 3.24. The predicted molar refractivity (Wildman–Crippen MR) is 107 cm³/mol. The van der Waals surface area contributed by atoms with Gasteiger partial charge in [0.25, 0.3) is 0 Å². The second-order valence-electron chi connectivity index (χ2n) is 6.69. The molecule has 6 heteroatoms. The van der Waals surface area contributed by atoms with Crippen LogP contribution in [0.3, 0.4) is 0 Å². The summed E-state index contributed by atoms with van der Waals surface area (Å²) in [6.45, 7) is 7.20. The topological polar surface area (TPSA) is 61.9 Å². The molecule has 0 radical (unpaired) electrons. The molecule has 1 heterocycles. The van der Waals surface area contributed by atoms with Gasteiger partial charge in [0.15, 0.2) is 0 Å². The number of piperazine rings is 1. The molecule has 27 heavy (non-hydrogen) atoms. The first kappa shape index (κ1) is 18.8. The Morgan fingerprint density at radius 3 is 2.26 bits per heavy atom. The van der Waals surface area contributed by atoms with Gasteiger partial charge < -0.3 is 19.9 Å². The van der Waals surface area contributed by atoms with E-state index in [-0.39, 0.29) is 6.03 Å². The van der Waals surface area contributed by atoms with Crippen molar-refractivity contribution in [3.63, 3.8) is 0 Å². The van der Waals surface area contributed by atoms with Crippen LogP contribution in [0.4, 0.5) is 16.2 Å². The van der Waals surface area contributed by atoms with E-state index < -0.39 is 5.97 Å². The molecule has 0 aromatic heterocycles. The summed E-state index contributed by atoms with van der Waals surface area (Å²) in [5, 5.41) is 2.89.